The molecule has 0 amide bonds. The van der Waals surface area contributed by atoms with Crippen molar-refractivity contribution < 1.29 is 13.2 Å². The van der Waals surface area contributed by atoms with Crippen LogP contribution in [-0.2, 0) is 14.8 Å². The standard InChI is InChI=1S/C10H16BrNO3S2/c1-7-5-8(16-9(7)11)17(13,14)12-6-10(2,3)15-4/h5,12H,6H2,1-4H3. The predicted molar refractivity (Wildman–Crippen MR) is 73.0 cm³/mol. The fourth-order valence-electron chi connectivity index (χ4n) is 0.976. The Kier molecular flexibility index (Phi) is 4.76. The van der Waals surface area contributed by atoms with E-state index in [1.807, 2.05) is 20.8 Å². The molecule has 0 saturated heterocycles. The normalized spacial score (nSPS) is 13.0. The van der Waals surface area contributed by atoms with Crippen LogP contribution in [0.15, 0.2) is 14.1 Å². The van der Waals surface area contributed by atoms with Crippen LogP contribution in [0.4, 0.5) is 0 Å². The summed E-state index contributed by atoms with van der Waals surface area (Å²) in [6, 6.07) is 1.65. The molecule has 98 valence electrons. The molecule has 0 saturated carbocycles. The van der Waals surface area contributed by atoms with Gasteiger partial charge < -0.3 is 4.74 Å². The first-order chi connectivity index (χ1) is 7.68. The van der Waals surface area contributed by atoms with Crippen molar-refractivity contribution >= 4 is 37.3 Å². The molecule has 0 aromatic carbocycles. The van der Waals surface area contributed by atoms with Crippen LogP contribution in [0.5, 0.6) is 0 Å². The monoisotopic (exact) mass is 341 g/mol. The van der Waals surface area contributed by atoms with Gasteiger partial charge in [-0.3, -0.25) is 0 Å². The molecule has 4 nitrogen and oxygen atoms in total. The van der Waals surface area contributed by atoms with Crippen LogP contribution in [0.2, 0.25) is 0 Å². The predicted octanol–water partition coefficient (Wildman–Crippen LogP) is 2.52. The minimum atomic E-state index is -3.45. The molecule has 1 heterocycles. The number of thiophene rings is 1. The van der Waals surface area contributed by atoms with Crippen LogP contribution in [0.3, 0.4) is 0 Å². The fraction of sp³-hybridized carbons (Fsp3) is 0.600. The van der Waals surface area contributed by atoms with E-state index in [1.165, 1.54) is 11.3 Å². The van der Waals surface area contributed by atoms with Gasteiger partial charge in [-0.05, 0) is 48.3 Å². The summed E-state index contributed by atoms with van der Waals surface area (Å²) in [4.78, 5) is 0. The Balaban J connectivity index is 2.83. The summed E-state index contributed by atoms with van der Waals surface area (Å²) in [5.74, 6) is 0. The highest BCUT2D eigenvalue weighted by Gasteiger charge is 2.23. The molecule has 0 radical (unpaired) electrons. The van der Waals surface area contributed by atoms with E-state index >= 15 is 0 Å². The van der Waals surface area contributed by atoms with Crippen molar-refractivity contribution in [2.45, 2.75) is 30.6 Å². The third kappa shape index (κ3) is 4.03. The number of hydrogen-bond donors (Lipinski definition) is 1. The van der Waals surface area contributed by atoms with Crippen LogP contribution in [0, 0.1) is 6.92 Å². The number of aryl methyl sites for hydroxylation is 1. The SMILES string of the molecule is COC(C)(C)CNS(=O)(=O)c1cc(C)c(Br)s1. The molecule has 0 unspecified atom stereocenters. The maximum Gasteiger partial charge on any atom is 0.250 e. The quantitative estimate of drug-likeness (QED) is 0.895. The number of nitrogens with one attached hydrogen (secondary N) is 1. The average molecular weight is 342 g/mol. The van der Waals surface area contributed by atoms with Crippen LogP contribution in [0.25, 0.3) is 0 Å². The second-order valence-corrected chi connectivity index (χ2v) is 8.67. The van der Waals surface area contributed by atoms with E-state index in [0.29, 0.717) is 4.21 Å². The molecule has 0 fully saturated rings. The topological polar surface area (TPSA) is 55.4 Å². The molecule has 1 aromatic heterocycles. The maximum absolute atomic E-state index is 12.0. The molecule has 1 aromatic rings. The van der Waals surface area contributed by atoms with Gasteiger partial charge in [0.1, 0.15) is 4.21 Å². The lowest BCUT2D eigenvalue weighted by Crippen LogP contribution is -2.39. The number of sulfonamides is 1. The Morgan fingerprint density at radius 1 is 1.53 bits per heavy atom. The van der Waals surface area contributed by atoms with Gasteiger partial charge in [0.2, 0.25) is 10.0 Å². The van der Waals surface area contributed by atoms with E-state index in [4.69, 9.17) is 4.74 Å². The molecule has 0 aliphatic carbocycles. The highest BCUT2D eigenvalue weighted by atomic mass is 79.9. The van der Waals surface area contributed by atoms with Gasteiger partial charge in [-0.2, -0.15) is 0 Å². The Morgan fingerprint density at radius 2 is 2.12 bits per heavy atom. The molecule has 0 aliphatic rings. The second-order valence-electron chi connectivity index (χ2n) is 4.31. The van der Waals surface area contributed by atoms with E-state index in [2.05, 4.69) is 20.7 Å². The minimum Gasteiger partial charge on any atom is -0.377 e. The molecule has 0 aliphatic heterocycles. The summed E-state index contributed by atoms with van der Waals surface area (Å²) in [7, 11) is -1.89. The lowest BCUT2D eigenvalue weighted by molar-refractivity contribution is 0.0276. The fourth-order valence-corrected chi connectivity index (χ4v) is 4.45. The van der Waals surface area contributed by atoms with E-state index in [9.17, 15) is 8.42 Å². The van der Waals surface area contributed by atoms with Gasteiger partial charge in [0.25, 0.3) is 0 Å². The Hall–Kier alpha value is 0.0500. The summed E-state index contributed by atoms with van der Waals surface area (Å²) in [5, 5.41) is 0. The van der Waals surface area contributed by atoms with Crippen molar-refractivity contribution in [1.82, 2.24) is 4.72 Å². The first-order valence-electron chi connectivity index (χ1n) is 4.99. The highest BCUT2D eigenvalue weighted by molar-refractivity contribution is 9.11. The van der Waals surface area contributed by atoms with Crippen molar-refractivity contribution in [3.8, 4) is 0 Å². The van der Waals surface area contributed by atoms with Crippen molar-refractivity contribution in [2.75, 3.05) is 13.7 Å². The Labute approximate surface area is 115 Å². The average Bonchev–Trinajstić information content (AvgIpc) is 2.58. The smallest absolute Gasteiger partial charge is 0.250 e. The Morgan fingerprint density at radius 3 is 2.53 bits per heavy atom. The van der Waals surface area contributed by atoms with Crippen LogP contribution < -0.4 is 4.72 Å². The zero-order chi connectivity index (χ0) is 13.3. The van der Waals surface area contributed by atoms with Gasteiger partial charge in [-0.25, -0.2) is 13.1 Å². The van der Waals surface area contributed by atoms with Crippen LogP contribution in [-0.4, -0.2) is 27.7 Å². The largest absolute Gasteiger partial charge is 0.377 e. The summed E-state index contributed by atoms with van der Waals surface area (Å²) in [6.07, 6.45) is 0. The Bertz CT molecular complexity index is 474. The van der Waals surface area contributed by atoms with Crippen LogP contribution in [0.1, 0.15) is 19.4 Å². The van der Waals surface area contributed by atoms with Crippen molar-refractivity contribution in [1.29, 1.82) is 0 Å². The molecule has 7 heteroatoms. The van der Waals surface area contributed by atoms with Gasteiger partial charge >= 0.3 is 0 Å². The molecule has 1 N–H and O–H groups in total. The first kappa shape index (κ1) is 15.1. The number of halogens is 1. The minimum absolute atomic E-state index is 0.237. The number of hydrogen-bond acceptors (Lipinski definition) is 4. The van der Waals surface area contributed by atoms with E-state index in [1.54, 1.807) is 13.2 Å². The molecule has 17 heavy (non-hydrogen) atoms. The van der Waals surface area contributed by atoms with Gasteiger partial charge in [0.05, 0.1) is 9.39 Å². The molecular weight excluding hydrogens is 326 g/mol. The third-order valence-corrected chi connectivity index (χ3v) is 6.35. The molecule has 0 spiro atoms. The summed E-state index contributed by atoms with van der Waals surface area (Å²) in [5.41, 5.74) is 0.401. The summed E-state index contributed by atoms with van der Waals surface area (Å²) >= 11 is 4.52. The number of methoxy groups -OCH3 is 1. The second kappa shape index (κ2) is 5.36. The maximum atomic E-state index is 12.0. The van der Waals surface area contributed by atoms with E-state index < -0.39 is 15.6 Å². The summed E-state index contributed by atoms with van der Waals surface area (Å²) < 4.78 is 32.8. The van der Waals surface area contributed by atoms with Gasteiger partial charge in [0.15, 0.2) is 0 Å². The van der Waals surface area contributed by atoms with E-state index in [0.717, 1.165) is 9.35 Å². The molecular formula is C10H16BrNO3S2. The molecule has 0 bridgehead atoms. The van der Waals surface area contributed by atoms with Crippen LogP contribution >= 0.6 is 27.3 Å². The van der Waals surface area contributed by atoms with Crippen molar-refractivity contribution in [3.05, 3.63) is 15.4 Å². The molecule has 0 atom stereocenters. The lowest BCUT2D eigenvalue weighted by atomic mass is 10.1. The van der Waals surface area contributed by atoms with Crippen molar-refractivity contribution in [2.24, 2.45) is 0 Å². The van der Waals surface area contributed by atoms with Crippen molar-refractivity contribution in [3.63, 3.8) is 0 Å². The summed E-state index contributed by atoms with van der Waals surface area (Å²) in [6.45, 7) is 5.75. The first-order valence-corrected chi connectivity index (χ1v) is 8.08. The highest BCUT2D eigenvalue weighted by Crippen LogP contribution is 2.30. The van der Waals surface area contributed by atoms with Gasteiger partial charge in [0, 0.05) is 13.7 Å². The zero-order valence-electron chi connectivity index (χ0n) is 10.2. The van der Waals surface area contributed by atoms with Gasteiger partial charge in [-0.1, -0.05) is 0 Å². The third-order valence-electron chi connectivity index (χ3n) is 2.34. The number of ether oxygens (including phenoxy) is 1. The lowest BCUT2D eigenvalue weighted by Gasteiger charge is -2.22. The van der Waals surface area contributed by atoms with Gasteiger partial charge in [-0.15, -0.1) is 11.3 Å². The number of rotatable bonds is 5. The zero-order valence-corrected chi connectivity index (χ0v) is 13.4. The van der Waals surface area contributed by atoms with E-state index in [-0.39, 0.29) is 6.54 Å². The molecule has 1 rings (SSSR count).